The van der Waals surface area contributed by atoms with Crippen LogP contribution in [-0.4, -0.2) is 33.6 Å². The number of imidazole rings is 1. The van der Waals surface area contributed by atoms with Crippen molar-refractivity contribution in [1.29, 1.82) is 0 Å². The smallest absolute Gasteiger partial charge is 0.0948 e. The van der Waals surface area contributed by atoms with Crippen molar-refractivity contribution >= 4 is 0 Å². The second kappa shape index (κ2) is 5.85. The van der Waals surface area contributed by atoms with Crippen LogP contribution in [0.25, 0.3) is 0 Å². The van der Waals surface area contributed by atoms with Gasteiger partial charge < -0.3 is 10.3 Å². The van der Waals surface area contributed by atoms with Crippen molar-refractivity contribution in [1.82, 2.24) is 14.5 Å². The van der Waals surface area contributed by atoms with E-state index in [-0.39, 0.29) is 0 Å². The topological polar surface area (TPSA) is 47.1 Å². The molecule has 18 heavy (non-hydrogen) atoms. The van der Waals surface area contributed by atoms with Crippen molar-refractivity contribution in [2.75, 3.05) is 13.1 Å². The molecule has 0 saturated carbocycles. The molecule has 0 aliphatic carbocycles. The van der Waals surface area contributed by atoms with Gasteiger partial charge in [0.05, 0.1) is 18.1 Å². The van der Waals surface area contributed by atoms with Crippen LogP contribution in [0.5, 0.6) is 0 Å². The molecule has 0 radical (unpaired) electrons. The molecule has 2 heterocycles. The van der Waals surface area contributed by atoms with E-state index in [0.29, 0.717) is 24.5 Å². The number of hydrogen-bond donors (Lipinski definition) is 1. The van der Waals surface area contributed by atoms with Crippen LogP contribution in [0.2, 0.25) is 0 Å². The minimum atomic E-state index is 0.322. The first-order chi connectivity index (χ1) is 8.69. The number of hydrogen-bond acceptors (Lipinski definition) is 3. The van der Waals surface area contributed by atoms with E-state index in [0.717, 1.165) is 6.54 Å². The van der Waals surface area contributed by atoms with Gasteiger partial charge in [-0.25, -0.2) is 4.98 Å². The summed E-state index contributed by atoms with van der Waals surface area (Å²) in [6.07, 6.45) is 6.49. The lowest BCUT2D eigenvalue weighted by Crippen LogP contribution is -2.40. The largest absolute Gasteiger partial charge is 0.333 e. The lowest BCUT2D eigenvalue weighted by atomic mass is 10.00. The summed E-state index contributed by atoms with van der Waals surface area (Å²) in [4.78, 5) is 6.87. The Hall–Kier alpha value is -0.870. The van der Waals surface area contributed by atoms with Crippen LogP contribution in [-0.2, 0) is 6.54 Å². The normalized spacial score (nSPS) is 22.8. The average molecular weight is 250 g/mol. The SMILES string of the molecule is CCn1cncc1C(CN)N1CCCC1C(C)C. The molecular formula is C14H26N4. The Morgan fingerprint density at radius 2 is 2.28 bits per heavy atom. The molecule has 4 nitrogen and oxygen atoms in total. The molecule has 1 aliphatic heterocycles. The minimum Gasteiger partial charge on any atom is -0.333 e. The zero-order valence-corrected chi connectivity index (χ0v) is 11.8. The van der Waals surface area contributed by atoms with Crippen LogP contribution in [0.1, 0.15) is 45.3 Å². The van der Waals surface area contributed by atoms with Gasteiger partial charge in [-0.05, 0) is 32.2 Å². The molecule has 1 aromatic heterocycles. The van der Waals surface area contributed by atoms with Crippen LogP contribution in [0, 0.1) is 5.92 Å². The first-order valence-electron chi connectivity index (χ1n) is 7.14. The lowest BCUT2D eigenvalue weighted by molar-refractivity contribution is 0.144. The fraction of sp³-hybridized carbons (Fsp3) is 0.786. The van der Waals surface area contributed by atoms with E-state index in [4.69, 9.17) is 5.73 Å². The van der Waals surface area contributed by atoms with Gasteiger partial charge in [0.1, 0.15) is 0 Å². The maximum Gasteiger partial charge on any atom is 0.0948 e. The number of nitrogens with two attached hydrogens (primary N) is 1. The fourth-order valence-corrected chi connectivity index (χ4v) is 3.22. The third-order valence-corrected chi connectivity index (χ3v) is 4.16. The maximum atomic E-state index is 6.05. The second-order valence-corrected chi connectivity index (χ2v) is 5.55. The fourth-order valence-electron chi connectivity index (χ4n) is 3.22. The molecule has 0 spiro atoms. The lowest BCUT2D eigenvalue weighted by Gasteiger charge is -2.34. The molecular weight excluding hydrogens is 224 g/mol. The number of aryl methyl sites for hydroxylation is 1. The molecule has 2 rings (SSSR count). The number of rotatable bonds is 5. The predicted molar refractivity (Wildman–Crippen MR) is 74.3 cm³/mol. The van der Waals surface area contributed by atoms with Crippen molar-refractivity contribution in [3.63, 3.8) is 0 Å². The van der Waals surface area contributed by atoms with E-state index in [1.165, 1.54) is 25.1 Å². The standard InChI is InChI=1S/C14H26N4/c1-4-17-10-16-9-14(17)13(8-15)18-7-5-6-12(18)11(2)3/h9-13H,4-8,15H2,1-3H3. The molecule has 4 heteroatoms. The molecule has 1 aliphatic rings. The molecule has 1 saturated heterocycles. The first kappa shape index (κ1) is 13.6. The van der Waals surface area contributed by atoms with Gasteiger partial charge in [-0.15, -0.1) is 0 Å². The summed E-state index contributed by atoms with van der Waals surface area (Å²) in [6, 6.07) is 0.987. The summed E-state index contributed by atoms with van der Waals surface area (Å²) in [5.41, 5.74) is 7.32. The quantitative estimate of drug-likeness (QED) is 0.869. The van der Waals surface area contributed by atoms with Gasteiger partial charge >= 0.3 is 0 Å². The molecule has 2 atom stereocenters. The van der Waals surface area contributed by atoms with Crippen molar-refractivity contribution in [3.05, 3.63) is 18.2 Å². The molecule has 1 fully saturated rings. The summed E-state index contributed by atoms with van der Waals surface area (Å²) in [7, 11) is 0. The van der Waals surface area contributed by atoms with E-state index in [1.54, 1.807) is 0 Å². The van der Waals surface area contributed by atoms with Crippen LogP contribution >= 0.6 is 0 Å². The Morgan fingerprint density at radius 3 is 2.89 bits per heavy atom. The van der Waals surface area contributed by atoms with Crippen molar-refractivity contribution in [3.8, 4) is 0 Å². The highest BCUT2D eigenvalue weighted by molar-refractivity contribution is 5.08. The monoisotopic (exact) mass is 250 g/mol. The molecule has 2 N–H and O–H groups in total. The summed E-state index contributed by atoms with van der Waals surface area (Å²) >= 11 is 0. The Morgan fingerprint density at radius 1 is 1.50 bits per heavy atom. The van der Waals surface area contributed by atoms with Crippen LogP contribution in [0.4, 0.5) is 0 Å². The van der Waals surface area contributed by atoms with Gasteiger partial charge in [-0.2, -0.15) is 0 Å². The molecule has 2 unspecified atom stereocenters. The highest BCUT2D eigenvalue weighted by Crippen LogP contribution is 2.32. The first-order valence-corrected chi connectivity index (χ1v) is 7.14. The van der Waals surface area contributed by atoms with Crippen LogP contribution < -0.4 is 5.73 Å². The van der Waals surface area contributed by atoms with E-state index in [2.05, 4.69) is 35.2 Å². The van der Waals surface area contributed by atoms with E-state index in [1.807, 2.05) is 12.5 Å². The summed E-state index contributed by atoms with van der Waals surface area (Å²) in [5, 5.41) is 0. The van der Waals surface area contributed by atoms with E-state index < -0.39 is 0 Å². The number of likely N-dealkylation sites (tertiary alicyclic amines) is 1. The van der Waals surface area contributed by atoms with E-state index >= 15 is 0 Å². The Labute approximate surface area is 110 Å². The zero-order chi connectivity index (χ0) is 13.1. The van der Waals surface area contributed by atoms with Gasteiger partial charge in [0.2, 0.25) is 0 Å². The highest BCUT2D eigenvalue weighted by atomic mass is 15.2. The Bertz CT molecular complexity index is 372. The highest BCUT2D eigenvalue weighted by Gasteiger charge is 2.33. The Balaban J connectivity index is 2.23. The Kier molecular flexibility index (Phi) is 4.40. The van der Waals surface area contributed by atoms with Gasteiger partial charge in [-0.1, -0.05) is 13.8 Å². The zero-order valence-electron chi connectivity index (χ0n) is 11.8. The maximum absolute atomic E-state index is 6.05. The van der Waals surface area contributed by atoms with Crippen LogP contribution in [0.15, 0.2) is 12.5 Å². The van der Waals surface area contributed by atoms with Crippen molar-refractivity contribution in [2.45, 2.75) is 52.2 Å². The summed E-state index contributed by atoms with van der Waals surface area (Å²) < 4.78 is 2.22. The molecule has 0 aromatic carbocycles. The van der Waals surface area contributed by atoms with Gasteiger partial charge in [-0.3, -0.25) is 4.90 Å². The summed E-state index contributed by atoms with van der Waals surface area (Å²) in [5.74, 6) is 0.694. The second-order valence-electron chi connectivity index (χ2n) is 5.55. The average Bonchev–Trinajstić information content (AvgIpc) is 2.98. The number of aromatic nitrogens is 2. The third-order valence-electron chi connectivity index (χ3n) is 4.16. The molecule has 0 amide bonds. The van der Waals surface area contributed by atoms with Gasteiger partial charge in [0.25, 0.3) is 0 Å². The molecule has 1 aromatic rings. The van der Waals surface area contributed by atoms with Crippen molar-refractivity contribution in [2.24, 2.45) is 11.7 Å². The van der Waals surface area contributed by atoms with Crippen molar-refractivity contribution < 1.29 is 0 Å². The van der Waals surface area contributed by atoms with Crippen LogP contribution in [0.3, 0.4) is 0 Å². The molecule has 0 bridgehead atoms. The minimum absolute atomic E-state index is 0.322. The van der Waals surface area contributed by atoms with E-state index in [9.17, 15) is 0 Å². The molecule has 102 valence electrons. The predicted octanol–water partition coefficient (Wildman–Crippen LogP) is 2.02. The number of nitrogens with zero attached hydrogens (tertiary/aromatic N) is 3. The summed E-state index contributed by atoms with van der Waals surface area (Å²) in [6.45, 7) is 9.59. The van der Waals surface area contributed by atoms with Gasteiger partial charge in [0, 0.05) is 25.3 Å². The third kappa shape index (κ3) is 2.45. The van der Waals surface area contributed by atoms with Gasteiger partial charge in [0.15, 0.2) is 0 Å².